The zero-order valence-corrected chi connectivity index (χ0v) is 9.50. The van der Waals surface area contributed by atoms with E-state index in [1.54, 1.807) is 0 Å². The number of nitrogens with one attached hydrogen (secondary N) is 1. The predicted molar refractivity (Wildman–Crippen MR) is 67.3 cm³/mol. The molecule has 1 saturated carbocycles. The number of rotatable bonds is 4. The minimum absolute atomic E-state index is 0.527. The van der Waals surface area contributed by atoms with Crippen LogP contribution in [0.2, 0.25) is 0 Å². The maximum Gasteiger partial charge on any atom is 0.0456 e. The van der Waals surface area contributed by atoms with Crippen LogP contribution in [0.15, 0.2) is 30.5 Å². The lowest BCUT2D eigenvalue weighted by molar-refractivity contribution is 0.472. The van der Waals surface area contributed by atoms with Crippen molar-refractivity contribution >= 4 is 10.9 Å². The van der Waals surface area contributed by atoms with Crippen LogP contribution in [0.4, 0.5) is 0 Å². The monoisotopic (exact) mass is 214 g/mol. The Morgan fingerprint density at radius 3 is 2.81 bits per heavy atom. The minimum atomic E-state index is 0.527. The quantitative estimate of drug-likeness (QED) is 0.807. The van der Waals surface area contributed by atoms with Crippen LogP contribution in [0.1, 0.15) is 24.8 Å². The summed E-state index contributed by atoms with van der Waals surface area (Å²) in [4.78, 5) is 3.35. The van der Waals surface area contributed by atoms with Crippen LogP contribution in [-0.2, 0) is 6.42 Å². The van der Waals surface area contributed by atoms with E-state index >= 15 is 0 Å². The summed E-state index contributed by atoms with van der Waals surface area (Å²) < 4.78 is 0. The molecule has 0 amide bonds. The van der Waals surface area contributed by atoms with E-state index in [0.29, 0.717) is 5.41 Å². The highest BCUT2D eigenvalue weighted by Gasteiger charge is 2.41. The number of H-pyrrole nitrogens is 1. The highest BCUT2D eigenvalue weighted by atomic mass is 14.7. The molecule has 1 aromatic carbocycles. The molecule has 0 saturated heterocycles. The third-order valence-corrected chi connectivity index (χ3v) is 3.87. The van der Waals surface area contributed by atoms with Gasteiger partial charge in [-0.2, -0.15) is 0 Å². The van der Waals surface area contributed by atoms with Gasteiger partial charge in [0.1, 0.15) is 0 Å². The molecule has 0 atom stereocenters. The largest absolute Gasteiger partial charge is 0.361 e. The van der Waals surface area contributed by atoms with E-state index < -0.39 is 0 Å². The van der Waals surface area contributed by atoms with E-state index in [-0.39, 0.29) is 0 Å². The average Bonchev–Trinajstić information content (AvgIpc) is 2.93. The van der Waals surface area contributed by atoms with Gasteiger partial charge in [-0.3, -0.25) is 0 Å². The molecule has 3 rings (SSSR count). The van der Waals surface area contributed by atoms with Crippen LogP contribution in [0, 0.1) is 5.41 Å². The lowest BCUT2D eigenvalue weighted by Gasteiger charge is -2.12. The Bertz CT molecular complexity index is 494. The second kappa shape index (κ2) is 3.63. The molecular weight excluding hydrogens is 196 g/mol. The molecule has 0 unspecified atom stereocenters. The first kappa shape index (κ1) is 9.91. The SMILES string of the molecule is NCCC1(Cc2c[nH]c3ccccc23)CC1. The van der Waals surface area contributed by atoms with Gasteiger partial charge in [0.15, 0.2) is 0 Å². The zero-order chi connectivity index (χ0) is 11.0. The first-order chi connectivity index (χ1) is 7.83. The molecule has 0 aliphatic heterocycles. The van der Waals surface area contributed by atoms with Crippen molar-refractivity contribution in [3.05, 3.63) is 36.0 Å². The second-order valence-electron chi connectivity index (χ2n) is 5.07. The summed E-state index contributed by atoms with van der Waals surface area (Å²) >= 11 is 0. The van der Waals surface area contributed by atoms with Gasteiger partial charge in [-0.15, -0.1) is 0 Å². The zero-order valence-electron chi connectivity index (χ0n) is 9.50. The third kappa shape index (κ3) is 1.63. The molecule has 1 aromatic heterocycles. The van der Waals surface area contributed by atoms with Gasteiger partial charge in [0.25, 0.3) is 0 Å². The van der Waals surface area contributed by atoms with Crippen LogP contribution in [0.3, 0.4) is 0 Å². The van der Waals surface area contributed by atoms with E-state index in [1.807, 2.05) is 0 Å². The lowest BCUT2D eigenvalue weighted by atomic mass is 9.93. The Balaban J connectivity index is 1.89. The summed E-state index contributed by atoms with van der Waals surface area (Å²) in [7, 11) is 0. The van der Waals surface area contributed by atoms with E-state index in [4.69, 9.17) is 5.73 Å². The second-order valence-corrected chi connectivity index (χ2v) is 5.07. The van der Waals surface area contributed by atoms with Crippen LogP contribution in [0.5, 0.6) is 0 Å². The van der Waals surface area contributed by atoms with Crippen molar-refractivity contribution < 1.29 is 0 Å². The van der Waals surface area contributed by atoms with Crippen LogP contribution in [0.25, 0.3) is 10.9 Å². The normalized spacial score (nSPS) is 17.8. The summed E-state index contributed by atoms with van der Waals surface area (Å²) in [5.41, 5.74) is 8.93. The fourth-order valence-electron chi connectivity index (χ4n) is 2.68. The van der Waals surface area contributed by atoms with Crippen molar-refractivity contribution in [3.8, 4) is 0 Å². The van der Waals surface area contributed by atoms with Gasteiger partial charge < -0.3 is 10.7 Å². The molecule has 2 aromatic rings. The molecule has 3 N–H and O–H groups in total. The highest BCUT2D eigenvalue weighted by molar-refractivity contribution is 5.83. The fraction of sp³-hybridized carbons (Fsp3) is 0.429. The Morgan fingerprint density at radius 2 is 2.06 bits per heavy atom. The summed E-state index contributed by atoms with van der Waals surface area (Å²) in [6, 6.07) is 8.54. The predicted octanol–water partition coefficient (Wildman–Crippen LogP) is 2.84. The molecule has 1 fully saturated rings. The summed E-state index contributed by atoms with van der Waals surface area (Å²) in [5.74, 6) is 0. The van der Waals surface area contributed by atoms with Crippen molar-refractivity contribution in [2.24, 2.45) is 11.1 Å². The number of fused-ring (bicyclic) bond motifs is 1. The summed E-state index contributed by atoms with van der Waals surface area (Å²) in [5, 5.41) is 1.38. The maximum absolute atomic E-state index is 5.69. The van der Waals surface area contributed by atoms with Crippen molar-refractivity contribution in [1.82, 2.24) is 4.98 Å². The first-order valence-electron chi connectivity index (χ1n) is 6.08. The lowest BCUT2D eigenvalue weighted by Crippen LogP contribution is -2.11. The standard InChI is InChI=1S/C14H18N2/c15-8-7-14(5-6-14)9-11-10-16-13-4-2-1-3-12(11)13/h1-4,10,16H,5-9,15H2. The molecule has 0 bridgehead atoms. The maximum atomic E-state index is 5.69. The van der Waals surface area contributed by atoms with Crippen molar-refractivity contribution in [2.75, 3.05) is 6.54 Å². The van der Waals surface area contributed by atoms with E-state index in [0.717, 1.165) is 6.54 Å². The molecule has 2 nitrogen and oxygen atoms in total. The van der Waals surface area contributed by atoms with Crippen molar-refractivity contribution in [1.29, 1.82) is 0 Å². The molecule has 1 heterocycles. The van der Waals surface area contributed by atoms with Crippen LogP contribution < -0.4 is 5.73 Å². The highest BCUT2D eigenvalue weighted by Crippen LogP contribution is 2.51. The summed E-state index contributed by atoms with van der Waals surface area (Å²) in [6.07, 6.45) is 7.23. The molecule has 0 spiro atoms. The van der Waals surface area contributed by atoms with Gasteiger partial charge in [0, 0.05) is 17.1 Å². The van der Waals surface area contributed by atoms with Crippen molar-refractivity contribution in [2.45, 2.75) is 25.7 Å². The number of aromatic amines is 1. The van der Waals surface area contributed by atoms with E-state index in [1.165, 1.54) is 42.1 Å². The van der Waals surface area contributed by atoms with Gasteiger partial charge in [0.05, 0.1) is 0 Å². The van der Waals surface area contributed by atoms with Gasteiger partial charge >= 0.3 is 0 Å². The van der Waals surface area contributed by atoms with Crippen LogP contribution in [-0.4, -0.2) is 11.5 Å². The summed E-state index contributed by atoms with van der Waals surface area (Å²) in [6.45, 7) is 0.822. The Hall–Kier alpha value is -1.28. The number of benzene rings is 1. The molecular formula is C14H18N2. The molecule has 16 heavy (non-hydrogen) atoms. The minimum Gasteiger partial charge on any atom is -0.361 e. The van der Waals surface area contributed by atoms with Gasteiger partial charge in [-0.05, 0) is 49.3 Å². The van der Waals surface area contributed by atoms with E-state index in [2.05, 4.69) is 35.4 Å². The molecule has 2 heteroatoms. The molecule has 1 aliphatic carbocycles. The topological polar surface area (TPSA) is 41.8 Å². The number of aromatic nitrogens is 1. The number of hydrogen-bond donors (Lipinski definition) is 2. The molecule has 0 radical (unpaired) electrons. The molecule has 1 aliphatic rings. The van der Waals surface area contributed by atoms with Crippen molar-refractivity contribution in [3.63, 3.8) is 0 Å². The average molecular weight is 214 g/mol. The van der Waals surface area contributed by atoms with E-state index in [9.17, 15) is 0 Å². The Kier molecular flexibility index (Phi) is 2.25. The molecule has 84 valence electrons. The third-order valence-electron chi connectivity index (χ3n) is 3.87. The first-order valence-corrected chi connectivity index (χ1v) is 6.08. The number of para-hydroxylation sites is 1. The van der Waals surface area contributed by atoms with Gasteiger partial charge in [-0.25, -0.2) is 0 Å². The smallest absolute Gasteiger partial charge is 0.0456 e. The number of hydrogen-bond acceptors (Lipinski definition) is 1. The fourth-order valence-corrected chi connectivity index (χ4v) is 2.68. The van der Waals surface area contributed by atoms with Crippen LogP contribution >= 0.6 is 0 Å². The van der Waals surface area contributed by atoms with Gasteiger partial charge in [0.2, 0.25) is 0 Å². The Labute approximate surface area is 95.8 Å². The number of nitrogens with two attached hydrogens (primary N) is 1. The van der Waals surface area contributed by atoms with Gasteiger partial charge in [-0.1, -0.05) is 18.2 Å². The Morgan fingerprint density at radius 1 is 1.25 bits per heavy atom.